The zero-order valence-electron chi connectivity index (χ0n) is 19.2. The number of nitrogens with one attached hydrogen (secondary N) is 4. The summed E-state index contributed by atoms with van der Waals surface area (Å²) in [7, 11) is 0. The summed E-state index contributed by atoms with van der Waals surface area (Å²) in [4.78, 5) is 66.9. The predicted octanol–water partition coefficient (Wildman–Crippen LogP) is -3.79. The molecule has 1 aromatic rings. The number of aromatic nitrogens is 2. The Kier molecular flexibility index (Phi) is 12.9. The van der Waals surface area contributed by atoms with Crippen molar-refractivity contribution < 1.29 is 34.2 Å². The van der Waals surface area contributed by atoms with E-state index in [4.69, 9.17) is 17.2 Å². The third-order valence-corrected chi connectivity index (χ3v) is 5.03. The van der Waals surface area contributed by atoms with Gasteiger partial charge in [0.05, 0.1) is 19.0 Å². The molecule has 0 bridgehead atoms. The summed E-state index contributed by atoms with van der Waals surface area (Å²) in [6, 6.07) is -5.07. The molecule has 0 aliphatic rings. The van der Waals surface area contributed by atoms with Crippen LogP contribution in [0.5, 0.6) is 0 Å². The second-order valence-corrected chi connectivity index (χ2v) is 7.88. The van der Waals surface area contributed by atoms with Crippen LogP contribution >= 0.6 is 0 Å². The molecule has 4 amide bonds. The number of imidazole rings is 1. The topological polar surface area (TPSA) is 269 Å². The third-order valence-electron chi connectivity index (χ3n) is 5.03. The molecule has 1 rings (SSSR count). The lowest BCUT2D eigenvalue weighted by Gasteiger charge is -2.24. The Morgan fingerprint density at radius 1 is 0.971 bits per heavy atom. The number of unbranched alkanes of at least 4 members (excludes halogenated alkanes) is 1. The molecule has 4 atom stereocenters. The number of carboxylic acid groups (broad SMARTS) is 1. The van der Waals surface area contributed by atoms with E-state index >= 15 is 0 Å². The van der Waals surface area contributed by atoms with Crippen LogP contribution < -0.4 is 33.2 Å². The monoisotopic (exact) mass is 498 g/mol. The molecule has 0 saturated carbocycles. The summed E-state index contributed by atoms with van der Waals surface area (Å²) in [5, 5.41) is 26.1. The van der Waals surface area contributed by atoms with Gasteiger partial charge in [0.15, 0.2) is 0 Å². The molecule has 0 saturated heterocycles. The molecule has 0 radical (unpaired) electrons. The maximum atomic E-state index is 12.9. The summed E-state index contributed by atoms with van der Waals surface area (Å²) >= 11 is 0. The van der Waals surface area contributed by atoms with Crippen molar-refractivity contribution in [2.75, 3.05) is 13.2 Å². The van der Waals surface area contributed by atoms with Gasteiger partial charge in [-0.25, -0.2) is 9.78 Å². The Morgan fingerprint density at radius 3 is 2.14 bits per heavy atom. The first-order valence-electron chi connectivity index (χ1n) is 11.0. The van der Waals surface area contributed by atoms with Crippen LogP contribution in [0.2, 0.25) is 0 Å². The van der Waals surface area contributed by atoms with Gasteiger partial charge in [-0.2, -0.15) is 0 Å². The molecule has 15 heteroatoms. The number of rotatable bonds is 17. The lowest BCUT2D eigenvalue weighted by Crippen LogP contribution is -2.58. The molecule has 0 spiro atoms. The summed E-state index contributed by atoms with van der Waals surface area (Å²) in [5.41, 5.74) is 16.6. The van der Waals surface area contributed by atoms with Gasteiger partial charge in [-0.05, 0) is 32.2 Å². The molecule has 12 N–H and O–H groups in total. The number of carbonyl (C=O) groups excluding carboxylic acids is 4. The van der Waals surface area contributed by atoms with Gasteiger partial charge in [-0.3, -0.25) is 19.2 Å². The number of aliphatic carboxylic acids is 1. The van der Waals surface area contributed by atoms with Crippen molar-refractivity contribution in [3.05, 3.63) is 18.2 Å². The average Bonchev–Trinajstić information content (AvgIpc) is 3.32. The van der Waals surface area contributed by atoms with Crippen LogP contribution in [0.25, 0.3) is 0 Å². The highest BCUT2D eigenvalue weighted by molar-refractivity contribution is 5.94. The number of amides is 4. The van der Waals surface area contributed by atoms with Crippen LogP contribution in [-0.2, 0) is 30.4 Å². The minimum absolute atomic E-state index is 0.0630. The summed E-state index contributed by atoms with van der Waals surface area (Å²) in [6.07, 6.45) is 3.69. The Hall–Kier alpha value is -3.56. The number of aliphatic hydroxyl groups excluding tert-OH is 1. The number of aromatic amines is 1. The molecule has 0 aromatic carbocycles. The molecule has 0 aliphatic heterocycles. The molecule has 0 aliphatic carbocycles. The van der Waals surface area contributed by atoms with Crippen molar-refractivity contribution in [3.63, 3.8) is 0 Å². The Labute approximate surface area is 201 Å². The van der Waals surface area contributed by atoms with Gasteiger partial charge in [-0.1, -0.05) is 0 Å². The van der Waals surface area contributed by atoms with E-state index in [-0.39, 0.29) is 25.7 Å². The van der Waals surface area contributed by atoms with Crippen molar-refractivity contribution >= 4 is 29.6 Å². The summed E-state index contributed by atoms with van der Waals surface area (Å²) in [6.45, 7) is -0.436. The molecule has 1 heterocycles. The average molecular weight is 499 g/mol. The van der Waals surface area contributed by atoms with Crippen LogP contribution in [0.1, 0.15) is 37.8 Å². The highest BCUT2D eigenvalue weighted by atomic mass is 16.4. The maximum absolute atomic E-state index is 12.9. The van der Waals surface area contributed by atoms with Gasteiger partial charge in [-0.15, -0.1) is 0 Å². The fourth-order valence-electron chi connectivity index (χ4n) is 3.02. The van der Waals surface area contributed by atoms with Crippen LogP contribution in [0.4, 0.5) is 0 Å². The van der Waals surface area contributed by atoms with E-state index in [0.717, 1.165) is 0 Å². The second-order valence-electron chi connectivity index (χ2n) is 7.88. The smallest absolute Gasteiger partial charge is 0.326 e. The van der Waals surface area contributed by atoms with Crippen molar-refractivity contribution in [1.29, 1.82) is 0 Å². The zero-order valence-corrected chi connectivity index (χ0v) is 19.2. The van der Waals surface area contributed by atoms with Crippen molar-refractivity contribution in [3.8, 4) is 0 Å². The van der Waals surface area contributed by atoms with Gasteiger partial charge in [0.1, 0.15) is 18.1 Å². The van der Waals surface area contributed by atoms with Crippen molar-refractivity contribution in [2.24, 2.45) is 17.2 Å². The first-order valence-corrected chi connectivity index (χ1v) is 11.0. The number of nitrogens with two attached hydrogens (primary N) is 3. The molecule has 15 nitrogen and oxygen atoms in total. The minimum Gasteiger partial charge on any atom is -0.480 e. The molecule has 0 fully saturated rings. The molecular formula is C20H34N8O7. The second kappa shape index (κ2) is 15.4. The molecule has 4 unspecified atom stereocenters. The number of nitrogens with zero attached hydrogens (tertiary/aromatic N) is 1. The molecule has 1 aromatic heterocycles. The van der Waals surface area contributed by atoms with E-state index in [2.05, 4.69) is 25.9 Å². The Morgan fingerprint density at radius 2 is 1.60 bits per heavy atom. The van der Waals surface area contributed by atoms with Crippen molar-refractivity contribution in [2.45, 2.75) is 62.7 Å². The van der Waals surface area contributed by atoms with E-state index in [0.29, 0.717) is 25.1 Å². The van der Waals surface area contributed by atoms with Crippen LogP contribution in [0.3, 0.4) is 0 Å². The van der Waals surface area contributed by atoms with Crippen LogP contribution in [-0.4, -0.2) is 87.1 Å². The van der Waals surface area contributed by atoms with Gasteiger partial charge in [0.25, 0.3) is 0 Å². The maximum Gasteiger partial charge on any atom is 0.326 e. The highest BCUT2D eigenvalue weighted by Crippen LogP contribution is 2.05. The van der Waals surface area contributed by atoms with E-state index in [1.807, 2.05) is 0 Å². The lowest BCUT2D eigenvalue weighted by molar-refractivity contribution is -0.142. The molecule has 35 heavy (non-hydrogen) atoms. The third kappa shape index (κ3) is 10.9. The molecular weight excluding hydrogens is 464 g/mol. The normalized spacial score (nSPS) is 14.3. The van der Waals surface area contributed by atoms with Crippen LogP contribution in [0, 0.1) is 0 Å². The Bertz CT molecular complexity index is 849. The fourth-order valence-corrected chi connectivity index (χ4v) is 3.02. The standard InChI is InChI=1S/C20H34N8O7/c21-6-2-1-3-13(20(34)35)26-18(32)14(7-11-8-24-10-25-11)27-19(33)15(9-29)28-17(31)12(22)4-5-16(23)30/h8,10,12-15,29H,1-7,9,21-22H2,(H2,23,30)(H,24,25)(H,26,32)(H,27,33)(H,28,31)(H,34,35). The van der Waals surface area contributed by atoms with Gasteiger partial charge in [0, 0.05) is 24.7 Å². The molecule has 196 valence electrons. The highest BCUT2D eigenvalue weighted by Gasteiger charge is 2.30. The first-order chi connectivity index (χ1) is 16.6. The fraction of sp³-hybridized carbons (Fsp3) is 0.600. The van der Waals surface area contributed by atoms with Crippen LogP contribution in [0.15, 0.2) is 12.5 Å². The van der Waals surface area contributed by atoms with Gasteiger partial charge >= 0.3 is 5.97 Å². The van der Waals surface area contributed by atoms with Crippen molar-refractivity contribution in [1.82, 2.24) is 25.9 Å². The number of carboxylic acids is 1. The quantitative estimate of drug-likeness (QED) is 0.0945. The zero-order chi connectivity index (χ0) is 26.4. The largest absolute Gasteiger partial charge is 0.480 e. The predicted molar refractivity (Wildman–Crippen MR) is 122 cm³/mol. The van der Waals surface area contributed by atoms with E-state index < -0.39 is 60.4 Å². The number of carbonyl (C=O) groups is 5. The van der Waals surface area contributed by atoms with Gasteiger partial charge in [0.2, 0.25) is 23.6 Å². The van der Waals surface area contributed by atoms with E-state index in [9.17, 15) is 34.2 Å². The number of H-pyrrole nitrogens is 1. The minimum atomic E-state index is -1.46. The Balaban J connectivity index is 2.90. The summed E-state index contributed by atoms with van der Waals surface area (Å²) in [5.74, 6) is -4.39. The number of hydrogen-bond acceptors (Lipinski definition) is 9. The SMILES string of the molecule is NCCCCC(NC(=O)C(Cc1cnc[nH]1)NC(=O)C(CO)NC(=O)C(N)CCC(N)=O)C(=O)O. The lowest BCUT2D eigenvalue weighted by atomic mass is 10.1. The number of primary amides is 1. The van der Waals surface area contributed by atoms with E-state index in [1.165, 1.54) is 12.5 Å². The summed E-state index contributed by atoms with van der Waals surface area (Å²) < 4.78 is 0. The number of hydrogen-bond donors (Lipinski definition) is 9. The van der Waals surface area contributed by atoms with E-state index in [1.54, 1.807) is 0 Å². The van der Waals surface area contributed by atoms with Gasteiger partial charge < -0.3 is 48.3 Å². The first kappa shape index (κ1) is 29.5. The number of aliphatic hydroxyl groups is 1.